The van der Waals surface area contributed by atoms with Gasteiger partial charge in [-0.05, 0) is 53.4 Å². The zero-order valence-corrected chi connectivity index (χ0v) is 16.0. The Morgan fingerprint density at radius 1 is 1.15 bits per heavy atom. The summed E-state index contributed by atoms with van der Waals surface area (Å²) in [7, 11) is 0. The maximum atomic E-state index is 12.2. The zero-order chi connectivity index (χ0) is 18.9. The first-order valence-corrected chi connectivity index (χ1v) is 9.40. The molecule has 1 saturated carbocycles. The molecule has 26 heavy (non-hydrogen) atoms. The second-order valence-corrected chi connectivity index (χ2v) is 7.96. The lowest BCUT2D eigenvalue weighted by atomic mass is 10.0. The highest BCUT2D eigenvalue weighted by Crippen LogP contribution is 2.43. The highest BCUT2D eigenvalue weighted by Gasteiger charge is 2.37. The number of hydrogen-bond acceptors (Lipinski definition) is 6. The van der Waals surface area contributed by atoms with Gasteiger partial charge in [-0.15, -0.1) is 5.10 Å². The number of carbonyl (C=O) groups excluding carboxylic acids is 2. The molecule has 1 aromatic heterocycles. The van der Waals surface area contributed by atoms with E-state index in [2.05, 4.69) is 10.3 Å². The van der Waals surface area contributed by atoms with Crippen LogP contribution in [-0.4, -0.2) is 57.3 Å². The second-order valence-electron chi connectivity index (χ2n) is 7.96. The maximum absolute atomic E-state index is 12.2. The van der Waals surface area contributed by atoms with Crippen molar-refractivity contribution in [1.82, 2.24) is 19.9 Å². The molecule has 1 aliphatic heterocycles. The fourth-order valence-corrected chi connectivity index (χ4v) is 3.27. The molecule has 0 radical (unpaired) electrons. The van der Waals surface area contributed by atoms with Gasteiger partial charge in [0.25, 0.3) is 0 Å². The maximum Gasteiger partial charge on any atom is 0.410 e. The van der Waals surface area contributed by atoms with Crippen LogP contribution in [0.2, 0.25) is 0 Å². The lowest BCUT2D eigenvalue weighted by Crippen LogP contribution is -2.42. The molecule has 2 heterocycles. The first-order valence-electron chi connectivity index (χ1n) is 9.40. The Bertz CT molecular complexity index is 667. The molecule has 0 N–H and O–H groups in total. The summed E-state index contributed by atoms with van der Waals surface area (Å²) in [5.74, 6) is -0.0554. The number of piperidine rings is 1. The highest BCUT2D eigenvalue weighted by atomic mass is 16.6. The Balaban J connectivity index is 1.68. The fourth-order valence-electron chi connectivity index (χ4n) is 3.27. The van der Waals surface area contributed by atoms with Gasteiger partial charge in [0.1, 0.15) is 5.60 Å². The molecule has 0 aromatic carbocycles. The molecular formula is C18H28N4O4. The fraction of sp³-hybridized carbons (Fsp3) is 0.778. The number of carbonyl (C=O) groups is 2. The van der Waals surface area contributed by atoms with Gasteiger partial charge >= 0.3 is 12.1 Å². The molecule has 1 saturated heterocycles. The molecular weight excluding hydrogens is 336 g/mol. The molecule has 1 aliphatic carbocycles. The van der Waals surface area contributed by atoms with Crippen molar-refractivity contribution in [2.45, 2.75) is 70.9 Å². The number of esters is 1. The largest absolute Gasteiger partial charge is 0.461 e. The van der Waals surface area contributed by atoms with E-state index in [-0.39, 0.29) is 12.1 Å². The van der Waals surface area contributed by atoms with Crippen LogP contribution in [0.5, 0.6) is 0 Å². The van der Waals surface area contributed by atoms with Gasteiger partial charge in [-0.2, -0.15) is 0 Å². The number of rotatable bonds is 4. The lowest BCUT2D eigenvalue weighted by Gasteiger charge is -2.33. The number of hydrogen-bond donors (Lipinski definition) is 0. The first kappa shape index (κ1) is 18.7. The molecule has 8 heteroatoms. The summed E-state index contributed by atoms with van der Waals surface area (Å²) in [4.78, 5) is 26.1. The van der Waals surface area contributed by atoms with Crippen LogP contribution in [0, 0.1) is 0 Å². The van der Waals surface area contributed by atoms with E-state index in [1.54, 1.807) is 11.8 Å². The average molecular weight is 364 g/mol. The summed E-state index contributed by atoms with van der Waals surface area (Å²) in [6, 6.07) is 0.139. The van der Waals surface area contributed by atoms with Gasteiger partial charge in [0.15, 0.2) is 5.69 Å². The van der Waals surface area contributed by atoms with Gasteiger partial charge in [0.2, 0.25) is 0 Å². The summed E-state index contributed by atoms with van der Waals surface area (Å²) in [6.07, 6.45) is 3.37. The van der Waals surface area contributed by atoms with Gasteiger partial charge in [-0.1, -0.05) is 5.21 Å². The minimum atomic E-state index is -0.493. The predicted octanol–water partition coefficient (Wildman–Crippen LogP) is 2.90. The Kier molecular flexibility index (Phi) is 5.20. The van der Waals surface area contributed by atoms with Crippen LogP contribution in [0.1, 0.15) is 81.5 Å². The molecule has 0 atom stereocenters. The lowest BCUT2D eigenvalue weighted by molar-refractivity contribution is 0.0183. The zero-order valence-electron chi connectivity index (χ0n) is 16.0. The summed E-state index contributed by atoms with van der Waals surface area (Å²) in [6.45, 7) is 8.93. The molecule has 2 fully saturated rings. The molecule has 3 rings (SSSR count). The average Bonchev–Trinajstić information content (AvgIpc) is 3.31. The molecule has 8 nitrogen and oxygen atoms in total. The monoisotopic (exact) mass is 364 g/mol. The van der Waals surface area contributed by atoms with Crippen molar-refractivity contribution in [3.05, 3.63) is 11.4 Å². The predicted molar refractivity (Wildman–Crippen MR) is 94.0 cm³/mol. The van der Waals surface area contributed by atoms with Crippen molar-refractivity contribution in [2.75, 3.05) is 19.7 Å². The third-order valence-corrected chi connectivity index (χ3v) is 4.63. The summed E-state index contributed by atoms with van der Waals surface area (Å²) in [5, 5.41) is 8.37. The van der Waals surface area contributed by atoms with Gasteiger partial charge < -0.3 is 14.4 Å². The Hall–Kier alpha value is -2.12. The minimum absolute atomic E-state index is 0.139. The van der Waals surface area contributed by atoms with Crippen LogP contribution >= 0.6 is 0 Å². The first-order chi connectivity index (χ1) is 12.3. The number of nitrogens with zero attached hydrogens (tertiary/aromatic N) is 4. The van der Waals surface area contributed by atoms with Crippen molar-refractivity contribution in [2.24, 2.45) is 0 Å². The van der Waals surface area contributed by atoms with Gasteiger partial charge in [0, 0.05) is 19.0 Å². The van der Waals surface area contributed by atoms with E-state index in [0.29, 0.717) is 31.3 Å². The molecule has 1 aromatic rings. The Morgan fingerprint density at radius 3 is 2.35 bits per heavy atom. The number of amides is 1. The molecule has 0 unspecified atom stereocenters. The highest BCUT2D eigenvalue weighted by molar-refractivity contribution is 5.88. The van der Waals surface area contributed by atoms with Crippen molar-refractivity contribution in [3.8, 4) is 0 Å². The van der Waals surface area contributed by atoms with Crippen molar-refractivity contribution in [3.63, 3.8) is 0 Å². The van der Waals surface area contributed by atoms with Crippen molar-refractivity contribution >= 4 is 12.1 Å². The summed E-state index contributed by atoms with van der Waals surface area (Å²) in [5.41, 5.74) is 0.760. The topological polar surface area (TPSA) is 86.5 Å². The van der Waals surface area contributed by atoms with Crippen LogP contribution in [0.3, 0.4) is 0 Å². The molecule has 0 spiro atoms. The van der Waals surface area contributed by atoms with E-state index in [1.165, 1.54) is 0 Å². The van der Waals surface area contributed by atoms with E-state index < -0.39 is 11.6 Å². The molecule has 2 aliphatic rings. The van der Waals surface area contributed by atoms with Gasteiger partial charge in [0.05, 0.1) is 18.3 Å². The normalized spacial score (nSPS) is 18.7. The van der Waals surface area contributed by atoms with Crippen molar-refractivity contribution in [1.29, 1.82) is 0 Å². The number of likely N-dealkylation sites (tertiary alicyclic amines) is 1. The molecule has 144 valence electrons. The standard InChI is InChI=1S/C18H28N4O4/c1-5-25-16(23)14-15(12-6-7-12)22(20-19-14)13-8-10-21(11-9-13)17(24)26-18(2,3)4/h12-13H,5-11H2,1-4H3. The van der Waals surface area contributed by atoms with Crippen LogP contribution in [0.4, 0.5) is 4.79 Å². The third kappa shape index (κ3) is 4.16. The quantitative estimate of drug-likeness (QED) is 0.764. The summed E-state index contributed by atoms with van der Waals surface area (Å²) >= 11 is 0. The Morgan fingerprint density at radius 2 is 1.81 bits per heavy atom. The van der Waals surface area contributed by atoms with E-state index in [1.807, 2.05) is 25.5 Å². The second kappa shape index (κ2) is 7.25. The number of ether oxygens (including phenoxy) is 2. The van der Waals surface area contributed by atoms with E-state index >= 15 is 0 Å². The van der Waals surface area contributed by atoms with Crippen LogP contribution in [-0.2, 0) is 9.47 Å². The van der Waals surface area contributed by atoms with E-state index in [0.717, 1.165) is 31.4 Å². The smallest absolute Gasteiger partial charge is 0.410 e. The summed E-state index contributed by atoms with van der Waals surface area (Å²) < 4.78 is 12.5. The van der Waals surface area contributed by atoms with Crippen LogP contribution in [0.15, 0.2) is 0 Å². The van der Waals surface area contributed by atoms with Crippen molar-refractivity contribution < 1.29 is 19.1 Å². The Labute approximate surface area is 153 Å². The van der Waals surface area contributed by atoms with Crippen LogP contribution in [0.25, 0.3) is 0 Å². The van der Waals surface area contributed by atoms with E-state index in [4.69, 9.17) is 9.47 Å². The minimum Gasteiger partial charge on any atom is -0.461 e. The van der Waals surface area contributed by atoms with Gasteiger partial charge in [-0.3, -0.25) is 0 Å². The number of aromatic nitrogens is 3. The third-order valence-electron chi connectivity index (χ3n) is 4.63. The van der Waals surface area contributed by atoms with E-state index in [9.17, 15) is 9.59 Å². The molecule has 0 bridgehead atoms. The van der Waals surface area contributed by atoms with Gasteiger partial charge in [-0.25, -0.2) is 14.3 Å². The molecule has 1 amide bonds. The SMILES string of the molecule is CCOC(=O)c1nnn(C2CCN(C(=O)OC(C)(C)C)CC2)c1C1CC1. The van der Waals surface area contributed by atoms with Crippen LogP contribution < -0.4 is 0 Å².